The van der Waals surface area contributed by atoms with Crippen LogP contribution in [0.15, 0.2) is 4.99 Å². The largest absolute Gasteiger partial charge is 0.481 e. The number of aldehydes is 1. The molecule has 0 aromatic carbocycles. The van der Waals surface area contributed by atoms with E-state index >= 15 is 0 Å². The van der Waals surface area contributed by atoms with Gasteiger partial charge in [-0.1, -0.05) is 20.3 Å². The summed E-state index contributed by atoms with van der Waals surface area (Å²) in [5.74, 6) is -4.65. The Morgan fingerprint density at radius 3 is 1.71 bits per heavy atom. The molecule has 19 heteroatoms. The summed E-state index contributed by atoms with van der Waals surface area (Å²) in [5.41, 5.74) is 27.9. The van der Waals surface area contributed by atoms with Crippen LogP contribution >= 0.6 is 0 Å². The number of hydrogen-bond acceptors (Lipinski definition) is 11. The van der Waals surface area contributed by atoms with Gasteiger partial charge >= 0.3 is 5.97 Å². The van der Waals surface area contributed by atoms with Crippen molar-refractivity contribution in [1.82, 2.24) is 26.6 Å². The minimum Gasteiger partial charge on any atom is -0.481 e. The summed E-state index contributed by atoms with van der Waals surface area (Å²) in [6, 6.07) is -6.40. The van der Waals surface area contributed by atoms with Gasteiger partial charge in [-0.2, -0.15) is 0 Å². The maximum absolute atomic E-state index is 13.5. The predicted molar refractivity (Wildman–Crippen MR) is 191 cm³/mol. The van der Waals surface area contributed by atoms with Crippen LogP contribution in [-0.4, -0.2) is 109 Å². The van der Waals surface area contributed by atoms with E-state index in [1.165, 1.54) is 6.92 Å². The molecule has 51 heavy (non-hydrogen) atoms. The molecule has 6 atom stereocenters. The van der Waals surface area contributed by atoms with Gasteiger partial charge in [0.2, 0.25) is 29.5 Å². The van der Waals surface area contributed by atoms with Gasteiger partial charge in [0.1, 0.15) is 30.5 Å². The van der Waals surface area contributed by atoms with Crippen molar-refractivity contribution in [2.75, 3.05) is 19.6 Å². The summed E-state index contributed by atoms with van der Waals surface area (Å²) in [6.45, 7) is 6.07. The molecule has 292 valence electrons. The van der Waals surface area contributed by atoms with Crippen molar-refractivity contribution in [2.24, 2.45) is 39.6 Å². The number of nitrogens with zero attached hydrogens (tertiary/aromatic N) is 1. The van der Waals surface area contributed by atoms with Crippen LogP contribution in [0.1, 0.15) is 91.4 Å². The fraction of sp³-hybridized carbons (Fsp3) is 0.750. The lowest BCUT2D eigenvalue weighted by molar-refractivity contribution is -0.137. The van der Waals surface area contributed by atoms with Crippen molar-refractivity contribution in [3.8, 4) is 0 Å². The standard InChI is InChI=1S/C32H61N11O8/c1-19(2)17-25(43-30(50)23(10-5-7-15-34)42-28(48)22(35)9-4-6-14-33)31(51)39-20(3)27(47)41-24(11-8-16-38-32(36)37)29(49)40-21(18-44)12-13-26(45)46/h18-25H,4-17,33-35H2,1-3H3,(H,39,51)(H,40,49)(H,41,47)(H,42,48)(H,43,50)(H,45,46)(H4,36,37,38)/t20-,21-,22-,23-,24-,25-/m0/s1. The molecule has 0 aromatic rings. The Morgan fingerprint density at radius 2 is 1.18 bits per heavy atom. The van der Waals surface area contributed by atoms with Crippen molar-refractivity contribution < 1.29 is 38.7 Å². The average molecular weight is 728 g/mol. The third-order valence-electron chi connectivity index (χ3n) is 7.72. The highest BCUT2D eigenvalue weighted by Gasteiger charge is 2.31. The molecule has 0 saturated heterocycles. The summed E-state index contributed by atoms with van der Waals surface area (Å²) in [4.78, 5) is 92.2. The number of aliphatic carboxylic acids is 1. The van der Waals surface area contributed by atoms with Crippen LogP contribution in [0.5, 0.6) is 0 Å². The normalized spacial score (nSPS) is 14.5. The minimum atomic E-state index is -1.19. The highest BCUT2D eigenvalue weighted by Crippen LogP contribution is 2.09. The Hall–Kier alpha value is -4.36. The summed E-state index contributed by atoms with van der Waals surface area (Å²) < 4.78 is 0. The molecular formula is C32H61N11O8. The maximum atomic E-state index is 13.5. The second kappa shape index (κ2) is 26.4. The lowest BCUT2D eigenvalue weighted by Crippen LogP contribution is -2.58. The van der Waals surface area contributed by atoms with Crippen molar-refractivity contribution in [2.45, 2.75) is 128 Å². The first kappa shape index (κ1) is 46.6. The van der Waals surface area contributed by atoms with E-state index in [9.17, 15) is 33.6 Å². The number of hydrogen-bond donors (Lipinski definition) is 11. The number of carbonyl (C=O) groups is 7. The molecule has 0 bridgehead atoms. The van der Waals surface area contributed by atoms with Gasteiger partial charge < -0.3 is 65.2 Å². The molecule has 16 N–H and O–H groups in total. The molecule has 5 amide bonds. The monoisotopic (exact) mass is 727 g/mol. The summed E-state index contributed by atoms with van der Waals surface area (Å²) in [7, 11) is 0. The smallest absolute Gasteiger partial charge is 0.303 e. The Morgan fingerprint density at radius 1 is 0.667 bits per heavy atom. The Bertz CT molecular complexity index is 1150. The number of aliphatic imine (C=N–C) groups is 1. The maximum Gasteiger partial charge on any atom is 0.303 e. The van der Waals surface area contributed by atoms with E-state index in [0.29, 0.717) is 51.5 Å². The molecule has 0 heterocycles. The van der Waals surface area contributed by atoms with Gasteiger partial charge in [-0.05, 0) is 83.7 Å². The van der Waals surface area contributed by atoms with Crippen LogP contribution in [0.4, 0.5) is 0 Å². The molecule has 0 fully saturated rings. The van der Waals surface area contributed by atoms with E-state index in [1.54, 1.807) is 0 Å². The molecule has 0 spiro atoms. The lowest BCUT2D eigenvalue weighted by Gasteiger charge is -2.27. The summed E-state index contributed by atoms with van der Waals surface area (Å²) in [5, 5.41) is 21.9. The summed E-state index contributed by atoms with van der Waals surface area (Å²) >= 11 is 0. The first-order chi connectivity index (χ1) is 24.1. The zero-order valence-electron chi connectivity index (χ0n) is 30.2. The van der Waals surface area contributed by atoms with Crippen molar-refractivity contribution in [3.63, 3.8) is 0 Å². The van der Waals surface area contributed by atoms with E-state index in [0.717, 1.165) is 0 Å². The van der Waals surface area contributed by atoms with E-state index in [1.807, 2.05) is 13.8 Å². The third kappa shape index (κ3) is 21.5. The minimum absolute atomic E-state index is 0.0412. The van der Waals surface area contributed by atoms with E-state index in [-0.39, 0.29) is 56.9 Å². The molecule has 0 aliphatic heterocycles. The van der Waals surface area contributed by atoms with Gasteiger partial charge in [-0.15, -0.1) is 0 Å². The van der Waals surface area contributed by atoms with Gasteiger partial charge in [-0.3, -0.25) is 33.8 Å². The number of guanidine groups is 1. The summed E-state index contributed by atoms with van der Waals surface area (Å²) in [6.07, 6.45) is 3.50. The number of nitrogens with two attached hydrogens (primary N) is 5. The zero-order valence-corrected chi connectivity index (χ0v) is 30.2. The third-order valence-corrected chi connectivity index (χ3v) is 7.72. The van der Waals surface area contributed by atoms with Gasteiger partial charge in [0.05, 0.1) is 12.1 Å². The number of carboxylic acids is 1. The molecule has 0 rings (SSSR count). The van der Waals surface area contributed by atoms with Crippen LogP contribution in [0, 0.1) is 5.92 Å². The van der Waals surface area contributed by atoms with E-state index < -0.39 is 71.8 Å². The number of rotatable bonds is 28. The predicted octanol–water partition coefficient (Wildman–Crippen LogP) is -2.82. The van der Waals surface area contributed by atoms with Crippen LogP contribution in [0.3, 0.4) is 0 Å². The molecule has 0 aliphatic rings. The van der Waals surface area contributed by atoms with Gasteiger partial charge in [0, 0.05) is 13.0 Å². The lowest BCUT2D eigenvalue weighted by atomic mass is 10.0. The molecule has 0 aliphatic carbocycles. The second-order valence-electron chi connectivity index (χ2n) is 12.9. The van der Waals surface area contributed by atoms with Gasteiger partial charge in [0.15, 0.2) is 5.96 Å². The highest BCUT2D eigenvalue weighted by atomic mass is 16.4. The molecular weight excluding hydrogens is 666 g/mol. The van der Waals surface area contributed by atoms with Crippen LogP contribution in [0.2, 0.25) is 0 Å². The number of carbonyl (C=O) groups excluding carboxylic acids is 6. The van der Waals surface area contributed by atoms with Crippen LogP contribution < -0.4 is 55.3 Å². The quantitative estimate of drug-likeness (QED) is 0.0168. The van der Waals surface area contributed by atoms with Crippen molar-refractivity contribution >= 4 is 47.8 Å². The number of unbranched alkanes of at least 4 members (excludes halogenated alkanes) is 2. The molecule has 0 aromatic heterocycles. The van der Waals surface area contributed by atoms with Crippen molar-refractivity contribution in [3.05, 3.63) is 0 Å². The fourth-order valence-electron chi connectivity index (χ4n) is 4.84. The first-order valence-electron chi connectivity index (χ1n) is 17.5. The molecule has 0 saturated carbocycles. The molecule has 0 radical (unpaired) electrons. The highest BCUT2D eigenvalue weighted by molar-refractivity contribution is 5.96. The Kier molecular flexibility index (Phi) is 24.2. The van der Waals surface area contributed by atoms with E-state index in [2.05, 4.69) is 31.6 Å². The Balaban J connectivity index is 5.79. The van der Waals surface area contributed by atoms with Crippen LogP contribution in [-0.2, 0) is 33.6 Å². The van der Waals surface area contributed by atoms with Gasteiger partial charge in [0.25, 0.3) is 0 Å². The molecule has 0 unspecified atom stereocenters. The van der Waals surface area contributed by atoms with E-state index in [4.69, 9.17) is 33.8 Å². The van der Waals surface area contributed by atoms with Crippen LogP contribution in [0.25, 0.3) is 0 Å². The first-order valence-corrected chi connectivity index (χ1v) is 17.5. The fourth-order valence-corrected chi connectivity index (χ4v) is 4.84. The number of nitrogens with one attached hydrogen (secondary N) is 5. The topological polar surface area (TPSA) is 342 Å². The van der Waals surface area contributed by atoms with Gasteiger partial charge in [-0.25, -0.2) is 0 Å². The average Bonchev–Trinajstić information content (AvgIpc) is 3.06. The SMILES string of the molecule is CC(C)C[C@H](NC(=O)[C@H](CCCCN)NC(=O)[C@@H](N)CCCCN)C(=O)N[C@@H](C)C(=O)N[C@@H](CCCN=C(N)N)C(=O)N[C@H](C=O)CCC(=O)O. The second-order valence-corrected chi connectivity index (χ2v) is 12.9. The number of carboxylic acid groups (broad SMARTS) is 1. The molecule has 19 nitrogen and oxygen atoms in total. The zero-order chi connectivity index (χ0) is 38.9. The number of amides is 5. The van der Waals surface area contributed by atoms with Crippen molar-refractivity contribution in [1.29, 1.82) is 0 Å². The Labute approximate surface area is 299 Å².